The van der Waals surface area contributed by atoms with Gasteiger partial charge in [-0.3, -0.25) is 0 Å². The van der Waals surface area contributed by atoms with Crippen molar-refractivity contribution in [3.63, 3.8) is 0 Å². The van der Waals surface area contributed by atoms with Crippen LogP contribution in [0.4, 0.5) is 0 Å². The van der Waals surface area contributed by atoms with Crippen LogP contribution in [0.2, 0.25) is 0 Å². The SMILES string of the molecule is COCCCCNS(=O)(=O)c1ccc(OCCCN)cc1. The second-order valence-corrected chi connectivity index (χ2v) is 6.33. The quantitative estimate of drug-likeness (QED) is 0.597. The molecule has 0 bridgehead atoms. The van der Waals surface area contributed by atoms with Crippen molar-refractivity contribution in [1.29, 1.82) is 0 Å². The first-order valence-electron chi connectivity index (χ1n) is 7.01. The molecule has 0 heterocycles. The molecule has 0 aliphatic rings. The van der Waals surface area contributed by atoms with Crippen LogP contribution in [0.3, 0.4) is 0 Å². The van der Waals surface area contributed by atoms with Crippen molar-refractivity contribution in [1.82, 2.24) is 4.72 Å². The Morgan fingerprint density at radius 3 is 2.43 bits per heavy atom. The Morgan fingerprint density at radius 1 is 1.10 bits per heavy atom. The molecule has 0 fully saturated rings. The van der Waals surface area contributed by atoms with E-state index in [-0.39, 0.29) is 4.90 Å². The zero-order valence-corrected chi connectivity index (χ0v) is 13.2. The van der Waals surface area contributed by atoms with Crippen LogP contribution >= 0.6 is 0 Å². The number of unbranched alkanes of at least 4 members (excludes halogenated alkanes) is 1. The van der Waals surface area contributed by atoms with Crippen LogP contribution in [0.15, 0.2) is 29.2 Å². The maximum absolute atomic E-state index is 12.0. The van der Waals surface area contributed by atoms with E-state index in [4.69, 9.17) is 15.2 Å². The molecule has 0 saturated heterocycles. The molecule has 21 heavy (non-hydrogen) atoms. The van der Waals surface area contributed by atoms with Crippen molar-refractivity contribution in [3.8, 4) is 5.75 Å². The van der Waals surface area contributed by atoms with Gasteiger partial charge in [0.05, 0.1) is 11.5 Å². The molecule has 3 N–H and O–H groups in total. The molecular formula is C14H24N2O4S. The van der Waals surface area contributed by atoms with E-state index in [2.05, 4.69) is 4.72 Å². The van der Waals surface area contributed by atoms with Crippen molar-refractivity contribution >= 4 is 10.0 Å². The van der Waals surface area contributed by atoms with Crippen molar-refractivity contribution in [2.45, 2.75) is 24.2 Å². The summed E-state index contributed by atoms with van der Waals surface area (Å²) in [5.74, 6) is 0.641. The van der Waals surface area contributed by atoms with Gasteiger partial charge in [-0.1, -0.05) is 0 Å². The van der Waals surface area contributed by atoms with Crippen molar-refractivity contribution < 1.29 is 17.9 Å². The highest BCUT2D eigenvalue weighted by Crippen LogP contribution is 2.16. The van der Waals surface area contributed by atoms with Gasteiger partial charge in [-0.2, -0.15) is 0 Å². The normalized spacial score (nSPS) is 11.5. The molecule has 0 aliphatic heterocycles. The third-order valence-electron chi connectivity index (χ3n) is 2.82. The van der Waals surface area contributed by atoms with E-state index < -0.39 is 10.0 Å². The van der Waals surface area contributed by atoms with Crippen LogP contribution in [-0.4, -0.2) is 41.8 Å². The van der Waals surface area contributed by atoms with Gasteiger partial charge >= 0.3 is 0 Å². The maximum atomic E-state index is 12.0. The van der Waals surface area contributed by atoms with E-state index in [0.29, 0.717) is 32.1 Å². The summed E-state index contributed by atoms with van der Waals surface area (Å²) in [6, 6.07) is 6.37. The Morgan fingerprint density at radius 2 is 1.81 bits per heavy atom. The number of nitrogens with two attached hydrogens (primary N) is 1. The standard InChI is InChI=1S/C14H24N2O4S/c1-19-11-3-2-10-16-21(17,18)14-7-5-13(6-8-14)20-12-4-9-15/h5-8,16H,2-4,9-12,15H2,1H3. The second kappa shape index (κ2) is 9.73. The number of hydrogen-bond donors (Lipinski definition) is 2. The minimum Gasteiger partial charge on any atom is -0.494 e. The molecule has 0 radical (unpaired) electrons. The van der Waals surface area contributed by atoms with Gasteiger partial charge in [0.15, 0.2) is 0 Å². The van der Waals surface area contributed by atoms with E-state index in [0.717, 1.165) is 19.3 Å². The number of ether oxygens (including phenoxy) is 2. The molecule has 6 nitrogen and oxygen atoms in total. The summed E-state index contributed by atoms with van der Waals surface area (Å²) in [6.45, 7) is 2.14. The average Bonchev–Trinajstić information content (AvgIpc) is 2.48. The highest BCUT2D eigenvalue weighted by Gasteiger charge is 2.12. The Hall–Kier alpha value is -1.15. The molecule has 0 aliphatic carbocycles. The lowest BCUT2D eigenvalue weighted by atomic mass is 10.3. The Labute approximate surface area is 126 Å². The predicted octanol–water partition coefficient (Wildman–Crippen LogP) is 1.12. The first-order valence-corrected chi connectivity index (χ1v) is 8.50. The van der Waals surface area contributed by atoms with Gasteiger partial charge in [0.25, 0.3) is 0 Å². The molecule has 0 unspecified atom stereocenters. The zero-order chi connectivity index (χ0) is 15.6. The van der Waals surface area contributed by atoms with Crippen LogP contribution in [0, 0.1) is 0 Å². The topological polar surface area (TPSA) is 90.6 Å². The number of benzene rings is 1. The number of sulfonamides is 1. The Balaban J connectivity index is 2.47. The fourth-order valence-electron chi connectivity index (χ4n) is 1.65. The van der Waals surface area contributed by atoms with Crippen LogP contribution in [0.1, 0.15) is 19.3 Å². The molecule has 0 atom stereocenters. The van der Waals surface area contributed by atoms with Gasteiger partial charge in [-0.25, -0.2) is 13.1 Å². The molecule has 0 spiro atoms. The van der Waals surface area contributed by atoms with Gasteiger partial charge in [0, 0.05) is 20.3 Å². The highest BCUT2D eigenvalue weighted by molar-refractivity contribution is 7.89. The van der Waals surface area contributed by atoms with Crippen molar-refractivity contribution in [2.75, 3.05) is 33.4 Å². The van der Waals surface area contributed by atoms with E-state index in [9.17, 15) is 8.42 Å². The monoisotopic (exact) mass is 316 g/mol. The van der Waals surface area contributed by atoms with Crippen LogP contribution in [-0.2, 0) is 14.8 Å². The molecule has 7 heteroatoms. The summed E-state index contributed by atoms with van der Waals surface area (Å²) in [5, 5.41) is 0. The third kappa shape index (κ3) is 6.90. The Kier molecular flexibility index (Phi) is 8.29. The number of rotatable bonds is 11. The average molecular weight is 316 g/mol. The number of hydrogen-bond acceptors (Lipinski definition) is 5. The number of methoxy groups -OCH3 is 1. The molecule has 0 saturated carbocycles. The smallest absolute Gasteiger partial charge is 0.240 e. The van der Waals surface area contributed by atoms with Crippen LogP contribution in [0.25, 0.3) is 0 Å². The van der Waals surface area contributed by atoms with Gasteiger partial charge in [-0.15, -0.1) is 0 Å². The lowest BCUT2D eigenvalue weighted by molar-refractivity contribution is 0.193. The van der Waals surface area contributed by atoms with E-state index in [1.165, 1.54) is 12.1 Å². The minimum atomic E-state index is -3.46. The fraction of sp³-hybridized carbons (Fsp3) is 0.571. The van der Waals surface area contributed by atoms with Gasteiger partial charge in [-0.05, 0) is 50.1 Å². The minimum absolute atomic E-state index is 0.236. The summed E-state index contributed by atoms with van der Waals surface area (Å²) in [6.07, 6.45) is 2.34. The lowest BCUT2D eigenvalue weighted by Crippen LogP contribution is -2.24. The Bertz CT molecular complexity index is 488. The number of nitrogens with one attached hydrogen (secondary N) is 1. The second-order valence-electron chi connectivity index (χ2n) is 4.56. The fourth-order valence-corrected chi connectivity index (χ4v) is 2.72. The molecule has 1 rings (SSSR count). The van der Waals surface area contributed by atoms with Gasteiger partial charge < -0.3 is 15.2 Å². The van der Waals surface area contributed by atoms with Crippen molar-refractivity contribution in [3.05, 3.63) is 24.3 Å². The van der Waals surface area contributed by atoms with E-state index >= 15 is 0 Å². The zero-order valence-electron chi connectivity index (χ0n) is 12.4. The molecule has 1 aromatic carbocycles. The molecule has 0 amide bonds. The van der Waals surface area contributed by atoms with E-state index in [1.807, 2.05) is 0 Å². The van der Waals surface area contributed by atoms with Crippen molar-refractivity contribution in [2.24, 2.45) is 5.73 Å². The first kappa shape index (κ1) is 17.9. The third-order valence-corrected chi connectivity index (χ3v) is 4.30. The van der Waals surface area contributed by atoms with Crippen LogP contribution < -0.4 is 15.2 Å². The summed E-state index contributed by atoms with van der Waals surface area (Å²) < 4.78 is 37.0. The highest BCUT2D eigenvalue weighted by atomic mass is 32.2. The van der Waals surface area contributed by atoms with E-state index in [1.54, 1.807) is 19.2 Å². The molecule has 120 valence electrons. The molecular weight excluding hydrogens is 292 g/mol. The summed E-state index contributed by atoms with van der Waals surface area (Å²) >= 11 is 0. The lowest BCUT2D eigenvalue weighted by Gasteiger charge is -2.08. The summed E-state index contributed by atoms with van der Waals surface area (Å²) in [7, 11) is -1.83. The largest absolute Gasteiger partial charge is 0.494 e. The van der Waals surface area contributed by atoms with Crippen LogP contribution in [0.5, 0.6) is 5.75 Å². The van der Waals surface area contributed by atoms with Gasteiger partial charge in [0.2, 0.25) is 10.0 Å². The first-order chi connectivity index (χ1) is 10.1. The molecule has 0 aromatic heterocycles. The summed E-state index contributed by atoms with van der Waals surface area (Å²) in [5.41, 5.74) is 5.38. The summed E-state index contributed by atoms with van der Waals surface area (Å²) in [4.78, 5) is 0.236. The maximum Gasteiger partial charge on any atom is 0.240 e. The van der Waals surface area contributed by atoms with Gasteiger partial charge in [0.1, 0.15) is 5.75 Å². The predicted molar refractivity (Wildman–Crippen MR) is 81.9 cm³/mol. The molecule has 1 aromatic rings.